The van der Waals surface area contributed by atoms with Crippen LogP contribution in [0.4, 0.5) is 0 Å². The molecule has 0 unspecified atom stereocenters. The van der Waals surface area contributed by atoms with Crippen LogP contribution in [0.3, 0.4) is 0 Å². The molecule has 0 saturated heterocycles. The van der Waals surface area contributed by atoms with Crippen molar-refractivity contribution in [2.24, 2.45) is 0 Å². The van der Waals surface area contributed by atoms with E-state index in [1.807, 2.05) is 0 Å². The Hall–Kier alpha value is -4.37. The summed E-state index contributed by atoms with van der Waals surface area (Å²) in [6, 6.07) is 34.7. The maximum Gasteiger partial charge on any atom is 0.145 e. The molecular weight excluding hydrogens is 390 g/mol. The fourth-order valence-corrected chi connectivity index (χ4v) is 5.50. The van der Waals surface area contributed by atoms with Crippen molar-refractivity contribution < 1.29 is 0 Å². The molecule has 3 heteroatoms. The van der Waals surface area contributed by atoms with Crippen LogP contribution < -0.4 is 0 Å². The smallest absolute Gasteiger partial charge is 0.145 e. The number of fused-ring (bicyclic) bond motifs is 8. The molecule has 0 spiro atoms. The van der Waals surface area contributed by atoms with E-state index >= 15 is 0 Å². The van der Waals surface area contributed by atoms with Crippen molar-refractivity contribution in [2.75, 3.05) is 0 Å². The molecule has 8 aromatic rings. The molecule has 0 aliphatic heterocycles. The van der Waals surface area contributed by atoms with E-state index < -0.39 is 0 Å². The summed E-state index contributed by atoms with van der Waals surface area (Å²) >= 11 is 0. The summed E-state index contributed by atoms with van der Waals surface area (Å²) < 4.78 is 4.68. The van der Waals surface area contributed by atoms with Gasteiger partial charge in [-0.2, -0.15) is 0 Å². The second-order valence-electron chi connectivity index (χ2n) is 8.51. The minimum absolute atomic E-state index is 1.02. The third kappa shape index (κ3) is 1.89. The third-order valence-corrected chi connectivity index (χ3v) is 6.82. The zero-order valence-corrected chi connectivity index (χ0v) is 17.2. The highest BCUT2D eigenvalue weighted by atomic mass is 15.0. The van der Waals surface area contributed by atoms with Crippen molar-refractivity contribution in [3.05, 3.63) is 103 Å². The molecule has 148 valence electrons. The molecule has 0 aliphatic carbocycles. The maximum absolute atomic E-state index is 5.08. The summed E-state index contributed by atoms with van der Waals surface area (Å²) in [5, 5.41) is 7.46. The van der Waals surface area contributed by atoms with Crippen LogP contribution in [0.25, 0.3) is 65.7 Å². The Kier molecular flexibility index (Phi) is 2.89. The van der Waals surface area contributed by atoms with Gasteiger partial charge in [0.25, 0.3) is 0 Å². The maximum atomic E-state index is 5.08. The van der Waals surface area contributed by atoms with Crippen LogP contribution in [0.5, 0.6) is 0 Å². The molecule has 4 aromatic carbocycles. The van der Waals surface area contributed by atoms with Crippen LogP contribution in [0.2, 0.25) is 0 Å². The lowest BCUT2D eigenvalue weighted by molar-refractivity contribution is 1.19. The number of benzene rings is 4. The Balaban J connectivity index is 1.73. The average Bonchev–Trinajstić information content (AvgIpc) is 3.51. The predicted octanol–water partition coefficient (Wildman–Crippen LogP) is 7.33. The first-order chi connectivity index (χ1) is 15.9. The van der Waals surface area contributed by atoms with E-state index in [0.717, 1.165) is 11.2 Å². The van der Waals surface area contributed by atoms with Gasteiger partial charge in [-0.05, 0) is 42.5 Å². The number of para-hydroxylation sites is 3. The molecule has 0 bridgehead atoms. The number of nitrogens with zero attached hydrogens (tertiary/aromatic N) is 3. The molecule has 8 rings (SSSR count). The third-order valence-electron chi connectivity index (χ3n) is 6.82. The first-order valence-electron chi connectivity index (χ1n) is 10.9. The first-order valence-corrected chi connectivity index (χ1v) is 10.9. The Bertz CT molecular complexity index is 1970. The van der Waals surface area contributed by atoms with E-state index in [4.69, 9.17) is 4.98 Å². The second-order valence-corrected chi connectivity index (χ2v) is 8.51. The van der Waals surface area contributed by atoms with E-state index in [9.17, 15) is 0 Å². The Morgan fingerprint density at radius 1 is 0.594 bits per heavy atom. The van der Waals surface area contributed by atoms with Crippen molar-refractivity contribution in [1.29, 1.82) is 0 Å². The van der Waals surface area contributed by atoms with Gasteiger partial charge >= 0.3 is 0 Å². The predicted molar refractivity (Wildman–Crippen MR) is 133 cm³/mol. The SMILES string of the molecule is c1ccc(-n2c3ccccc3c3cc4ccn5c6nc7ccccc7cc6c(c32)c45)cc1. The largest absolute Gasteiger partial charge is 0.309 e. The van der Waals surface area contributed by atoms with Crippen LogP contribution in [0.15, 0.2) is 103 Å². The van der Waals surface area contributed by atoms with Gasteiger partial charge in [0.1, 0.15) is 5.65 Å². The fourth-order valence-electron chi connectivity index (χ4n) is 5.50. The average molecular weight is 407 g/mol. The topological polar surface area (TPSA) is 22.2 Å². The second kappa shape index (κ2) is 5.65. The van der Waals surface area contributed by atoms with Gasteiger partial charge in [-0.3, -0.25) is 4.40 Å². The molecule has 0 fully saturated rings. The monoisotopic (exact) mass is 407 g/mol. The minimum atomic E-state index is 1.02. The van der Waals surface area contributed by atoms with Crippen LogP contribution >= 0.6 is 0 Å². The van der Waals surface area contributed by atoms with E-state index in [1.165, 1.54) is 54.6 Å². The molecule has 0 saturated carbocycles. The Labute approximate surface area is 183 Å². The van der Waals surface area contributed by atoms with Crippen LogP contribution in [-0.2, 0) is 0 Å². The molecule has 32 heavy (non-hydrogen) atoms. The summed E-state index contributed by atoms with van der Waals surface area (Å²) in [5.41, 5.74) is 6.95. The summed E-state index contributed by atoms with van der Waals surface area (Å²) in [5.74, 6) is 0. The zero-order valence-electron chi connectivity index (χ0n) is 17.2. The highest BCUT2D eigenvalue weighted by molar-refractivity contribution is 6.30. The van der Waals surface area contributed by atoms with Gasteiger partial charge in [-0.1, -0.05) is 54.6 Å². The van der Waals surface area contributed by atoms with Gasteiger partial charge in [0.15, 0.2) is 0 Å². The first kappa shape index (κ1) is 16.3. The van der Waals surface area contributed by atoms with Crippen LogP contribution in [0.1, 0.15) is 0 Å². The lowest BCUT2D eigenvalue weighted by atomic mass is 10.0. The van der Waals surface area contributed by atoms with Crippen LogP contribution in [0, 0.1) is 0 Å². The van der Waals surface area contributed by atoms with Gasteiger partial charge in [-0.25, -0.2) is 4.98 Å². The lowest BCUT2D eigenvalue weighted by Gasteiger charge is -2.09. The van der Waals surface area contributed by atoms with Crippen molar-refractivity contribution in [3.8, 4) is 5.69 Å². The summed E-state index contributed by atoms with van der Waals surface area (Å²) in [6.45, 7) is 0. The van der Waals surface area contributed by atoms with E-state index in [-0.39, 0.29) is 0 Å². The molecule has 0 radical (unpaired) electrons. The van der Waals surface area contributed by atoms with E-state index in [1.54, 1.807) is 0 Å². The fraction of sp³-hybridized carbons (Fsp3) is 0. The number of hydrogen-bond acceptors (Lipinski definition) is 1. The molecule has 3 nitrogen and oxygen atoms in total. The highest BCUT2D eigenvalue weighted by Gasteiger charge is 2.22. The summed E-state index contributed by atoms with van der Waals surface area (Å²) in [6.07, 6.45) is 2.16. The molecule has 0 amide bonds. The zero-order chi connectivity index (χ0) is 20.8. The molecular formula is C29H17N3. The number of rotatable bonds is 1. The molecule has 0 aliphatic rings. The minimum Gasteiger partial charge on any atom is -0.309 e. The van der Waals surface area contributed by atoms with Gasteiger partial charge in [-0.15, -0.1) is 0 Å². The van der Waals surface area contributed by atoms with Crippen LogP contribution in [-0.4, -0.2) is 14.0 Å². The molecule has 4 heterocycles. The standard InChI is InChI=1S/C29H17N3/c1-2-9-20(10-3-1)32-25-13-7-5-11-21(25)22-17-19-14-15-31-27(19)26(28(22)32)23-16-18-8-4-6-12-24(18)30-29(23)31/h1-17H. The van der Waals surface area contributed by atoms with Gasteiger partial charge < -0.3 is 4.57 Å². The van der Waals surface area contributed by atoms with Crippen molar-refractivity contribution in [3.63, 3.8) is 0 Å². The van der Waals surface area contributed by atoms with E-state index in [0.29, 0.717) is 0 Å². The van der Waals surface area contributed by atoms with Gasteiger partial charge in [0, 0.05) is 44.2 Å². The quantitative estimate of drug-likeness (QED) is 0.279. The lowest BCUT2D eigenvalue weighted by Crippen LogP contribution is -1.93. The number of aromatic nitrogens is 3. The molecule has 4 aromatic heterocycles. The number of pyridine rings is 1. The summed E-state index contributed by atoms with van der Waals surface area (Å²) in [7, 11) is 0. The van der Waals surface area contributed by atoms with Crippen molar-refractivity contribution >= 4 is 60.0 Å². The highest BCUT2D eigenvalue weighted by Crippen LogP contribution is 2.43. The normalized spacial score (nSPS) is 12.4. The van der Waals surface area contributed by atoms with Gasteiger partial charge in [0.2, 0.25) is 0 Å². The van der Waals surface area contributed by atoms with Gasteiger partial charge in [0.05, 0.1) is 22.1 Å². The molecule has 0 N–H and O–H groups in total. The molecule has 0 atom stereocenters. The Morgan fingerprint density at radius 2 is 1.38 bits per heavy atom. The summed E-state index contributed by atoms with van der Waals surface area (Å²) in [4.78, 5) is 5.08. The van der Waals surface area contributed by atoms with E-state index in [2.05, 4.69) is 112 Å². The van der Waals surface area contributed by atoms with Crippen molar-refractivity contribution in [2.45, 2.75) is 0 Å². The number of hydrogen-bond donors (Lipinski definition) is 0. The van der Waals surface area contributed by atoms with Crippen molar-refractivity contribution in [1.82, 2.24) is 14.0 Å². The Morgan fingerprint density at radius 3 is 2.31 bits per heavy atom.